The number of fused-ring (bicyclic) bond motifs is 1. The first-order chi connectivity index (χ1) is 6.98. The molecule has 4 nitrogen and oxygen atoms in total. The molecule has 0 spiro atoms. The number of nitrogens with zero attached hydrogens (tertiary/aromatic N) is 4. The van der Waals surface area contributed by atoms with Gasteiger partial charge in [-0.3, -0.25) is 0 Å². The van der Waals surface area contributed by atoms with Crippen LogP contribution in [0.25, 0.3) is 11.0 Å². The van der Waals surface area contributed by atoms with Crippen LogP contribution in [0.5, 0.6) is 0 Å². The smallest absolute Gasteiger partial charge is 0.159 e. The maximum atomic E-state index is 6.03. The van der Waals surface area contributed by atoms with Crippen molar-refractivity contribution in [3.63, 3.8) is 0 Å². The van der Waals surface area contributed by atoms with Crippen LogP contribution in [0.1, 0.15) is 26.6 Å². The number of halogens is 1. The standard InChI is InChI=1S/C10H11ClN4/c1-10(2,3)9-14-6-4-12-5-13-7(6)8(11)15-9/h4-5H,1-3H3. The van der Waals surface area contributed by atoms with E-state index in [4.69, 9.17) is 11.6 Å². The van der Waals surface area contributed by atoms with Gasteiger partial charge in [-0.15, -0.1) is 0 Å². The molecule has 0 aliphatic rings. The molecule has 0 radical (unpaired) electrons. The lowest BCUT2D eigenvalue weighted by Gasteiger charge is -2.16. The molecule has 0 aliphatic carbocycles. The lowest BCUT2D eigenvalue weighted by Crippen LogP contribution is -2.16. The molecule has 2 aromatic rings. The van der Waals surface area contributed by atoms with E-state index in [-0.39, 0.29) is 5.41 Å². The summed E-state index contributed by atoms with van der Waals surface area (Å²) in [7, 11) is 0. The van der Waals surface area contributed by atoms with Crippen LogP contribution in [0.2, 0.25) is 5.15 Å². The second-order valence-electron chi connectivity index (χ2n) is 4.34. The molecule has 0 aromatic carbocycles. The molecule has 0 saturated heterocycles. The van der Waals surface area contributed by atoms with Crippen molar-refractivity contribution in [1.29, 1.82) is 0 Å². The highest BCUT2D eigenvalue weighted by molar-refractivity contribution is 6.33. The maximum Gasteiger partial charge on any atom is 0.159 e. The summed E-state index contributed by atoms with van der Waals surface area (Å²) in [5, 5.41) is 0.382. The van der Waals surface area contributed by atoms with Gasteiger partial charge >= 0.3 is 0 Å². The summed E-state index contributed by atoms with van der Waals surface area (Å²) in [6, 6.07) is 0. The van der Waals surface area contributed by atoms with Gasteiger partial charge in [0.25, 0.3) is 0 Å². The Kier molecular flexibility index (Phi) is 2.31. The molecule has 5 heteroatoms. The Morgan fingerprint density at radius 3 is 2.60 bits per heavy atom. The molecule has 2 heterocycles. The Morgan fingerprint density at radius 1 is 1.20 bits per heavy atom. The van der Waals surface area contributed by atoms with Gasteiger partial charge < -0.3 is 0 Å². The van der Waals surface area contributed by atoms with Crippen molar-refractivity contribution in [2.45, 2.75) is 26.2 Å². The minimum Gasteiger partial charge on any atom is -0.243 e. The highest BCUT2D eigenvalue weighted by Crippen LogP contribution is 2.23. The lowest BCUT2D eigenvalue weighted by atomic mass is 9.96. The van der Waals surface area contributed by atoms with Crippen molar-refractivity contribution < 1.29 is 0 Å². The third-order valence-electron chi connectivity index (χ3n) is 1.99. The molecule has 0 saturated carbocycles. The van der Waals surface area contributed by atoms with Gasteiger partial charge in [0.1, 0.15) is 23.2 Å². The Labute approximate surface area is 92.8 Å². The molecular formula is C10H11ClN4. The third-order valence-corrected chi connectivity index (χ3v) is 2.25. The molecule has 0 aliphatic heterocycles. The quantitative estimate of drug-likeness (QED) is 0.643. The summed E-state index contributed by atoms with van der Waals surface area (Å²) >= 11 is 6.03. The first-order valence-electron chi connectivity index (χ1n) is 4.62. The van der Waals surface area contributed by atoms with Gasteiger partial charge in [0, 0.05) is 5.41 Å². The Balaban J connectivity index is 2.73. The van der Waals surface area contributed by atoms with E-state index < -0.39 is 0 Å². The monoisotopic (exact) mass is 222 g/mol. The fourth-order valence-corrected chi connectivity index (χ4v) is 1.41. The molecule has 2 rings (SSSR count). The summed E-state index contributed by atoms with van der Waals surface area (Å²) < 4.78 is 0. The van der Waals surface area contributed by atoms with E-state index in [1.165, 1.54) is 6.33 Å². The van der Waals surface area contributed by atoms with Gasteiger partial charge in [-0.1, -0.05) is 32.4 Å². The first kappa shape index (κ1) is 10.2. The van der Waals surface area contributed by atoms with Gasteiger partial charge in [0.15, 0.2) is 5.15 Å². The zero-order valence-electron chi connectivity index (χ0n) is 8.82. The maximum absolute atomic E-state index is 6.03. The summed E-state index contributed by atoms with van der Waals surface area (Å²) in [4.78, 5) is 16.6. The zero-order valence-corrected chi connectivity index (χ0v) is 9.58. The lowest BCUT2D eigenvalue weighted by molar-refractivity contribution is 0.548. The molecule has 0 N–H and O–H groups in total. The molecule has 78 valence electrons. The largest absolute Gasteiger partial charge is 0.243 e. The zero-order chi connectivity index (χ0) is 11.1. The van der Waals surface area contributed by atoms with Crippen molar-refractivity contribution in [3.8, 4) is 0 Å². The average molecular weight is 223 g/mol. The highest BCUT2D eigenvalue weighted by atomic mass is 35.5. The number of rotatable bonds is 0. The molecular weight excluding hydrogens is 212 g/mol. The second-order valence-corrected chi connectivity index (χ2v) is 4.70. The molecule has 0 unspecified atom stereocenters. The predicted octanol–water partition coefficient (Wildman–Crippen LogP) is 2.37. The van der Waals surface area contributed by atoms with Crippen LogP contribution >= 0.6 is 11.6 Å². The number of hydrogen-bond acceptors (Lipinski definition) is 4. The van der Waals surface area contributed by atoms with Gasteiger partial charge in [-0.2, -0.15) is 0 Å². The number of hydrogen-bond donors (Lipinski definition) is 0. The van der Waals surface area contributed by atoms with Gasteiger partial charge in [0.05, 0.1) is 6.20 Å². The van der Waals surface area contributed by atoms with E-state index in [0.717, 1.165) is 0 Å². The molecule has 0 bridgehead atoms. The minimum atomic E-state index is -0.131. The molecule has 0 atom stereocenters. The fourth-order valence-electron chi connectivity index (χ4n) is 1.18. The van der Waals surface area contributed by atoms with E-state index in [2.05, 4.69) is 19.9 Å². The van der Waals surface area contributed by atoms with Crippen molar-refractivity contribution in [1.82, 2.24) is 19.9 Å². The molecule has 2 aromatic heterocycles. The van der Waals surface area contributed by atoms with Crippen LogP contribution in [0, 0.1) is 0 Å². The highest BCUT2D eigenvalue weighted by Gasteiger charge is 2.19. The van der Waals surface area contributed by atoms with E-state index in [1.54, 1.807) is 6.20 Å². The van der Waals surface area contributed by atoms with Crippen LogP contribution in [-0.2, 0) is 5.41 Å². The van der Waals surface area contributed by atoms with Crippen molar-refractivity contribution in [2.24, 2.45) is 0 Å². The van der Waals surface area contributed by atoms with E-state index >= 15 is 0 Å². The Hall–Kier alpha value is -1.29. The van der Waals surface area contributed by atoms with Crippen LogP contribution in [0.15, 0.2) is 12.5 Å². The molecule has 15 heavy (non-hydrogen) atoms. The summed E-state index contributed by atoms with van der Waals surface area (Å²) in [5.41, 5.74) is 1.15. The van der Waals surface area contributed by atoms with Crippen LogP contribution < -0.4 is 0 Å². The van der Waals surface area contributed by atoms with Crippen molar-refractivity contribution in [3.05, 3.63) is 23.5 Å². The van der Waals surface area contributed by atoms with E-state index in [9.17, 15) is 0 Å². The Bertz CT molecular complexity index is 504. The minimum absolute atomic E-state index is 0.131. The van der Waals surface area contributed by atoms with Crippen LogP contribution in [0.3, 0.4) is 0 Å². The first-order valence-corrected chi connectivity index (χ1v) is 5.00. The second kappa shape index (κ2) is 3.38. The normalized spacial score (nSPS) is 12.0. The SMILES string of the molecule is CC(C)(C)c1nc(Cl)c2ncncc2n1. The predicted molar refractivity (Wildman–Crippen MR) is 58.8 cm³/mol. The van der Waals surface area contributed by atoms with Gasteiger partial charge in [-0.25, -0.2) is 19.9 Å². The topological polar surface area (TPSA) is 51.6 Å². The summed E-state index contributed by atoms with van der Waals surface area (Å²) in [6.07, 6.45) is 3.08. The summed E-state index contributed by atoms with van der Waals surface area (Å²) in [5.74, 6) is 0.704. The van der Waals surface area contributed by atoms with E-state index in [1.807, 2.05) is 20.8 Å². The average Bonchev–Trinajstić information content (AvgIpc) is 2.16. The van der Waals surface area contributed by atoms with Gasteiger partial charge in [0.2, 0.25) is 0 Å². The van der Waals surface area contributed by atoms with Crippen LogP contribution in [0.4, 0.5) is 0 Å². The van der Waals surface area contributed by atoms with Gasteiger partial charge in [-0.05, 0) is 0 Å². The van der Waals surface area contributed by atoms with E-state index in [0.29, 0.717) is 22.0 Å². The molecule has 0 fully saturated rings. The van der Waals surface area contributed by atoms with Crippen molar-refractivity contribution >= 4 is 22.6 Å². The third kappa shape index (κ3) is 1.90. The van der Waals surface area contributed by atoms with Crippen molar-refractivity contribution in [2.75, 3.05) is 0 Å². The van der Waals surface area contributed by atoms with Crippen LogP contribution in [-0.4, -0.2) is 19.9 Å². The summed E-state index contributed by atoms with van der Waals surface area (Å²) in [6.45, 7) is 6.11. The Morgan fingerprint density at radius 2 is 1.93 bits per heavy atom. The molecule has 0 amide bonds. The fraction of sp³-hybridized carbons (Fsp3) is 0.400. The number of aromatic nitrogens is 4.